The van der Waals surface area contributed by atoms with Crippen molar-refractivity contribution in [1.29, 1.82) is 0 Å². The summed E-state index contributed by atoms with van der Waals surface area (Å²) in [6.07, 6.45) is 0.457. The maximum absolute atomic E-state index is 12.4. The van der Waals surface area contributed by atoms with Gasteiger partial charge in [0, 0.05) is 68.6 Å². The normalized spacial score (nSPS) is 16.5. The van der Waals surface area contributed by atoms with Crippen LogP contribution in [0.25, 0.3) is 0 Å². The highest BCUT2D eigenvalue weighted by Crippen LogP contribution is 2.32. The van der Waals surface area contributed by atoms with E-state index >= 15 is 0 Å². The molecule has 0 unspecified atom stereocenters. The second kappa shape index (κ2) is 9.51. The summed E-state index contributed by atoms with van der Waals surface area (Å²) in [5.41, 5.74) is 1.74. The smallest absolute Gasteiger partial charge is 0.225 e. The maximum atomic E-state index is 12.4. The number of carbonyl (C=O) groups is 1. The van der Waals surface area contributed by atoms with Gasteiger partial charge in [-0.15, -0.1) is 0 Å². The first-order valence-corrected chi connectivity index (χ1v) is 11.0. The molecule has 2 aliphatic heterocycles. The molecule has 8 heteroatoms. The van der Waals surface area contributed by atoms with Crippen LogP contribution in [0.5, 0.6) is 11.5 Å². The van der Waals surface area contributed by atoms with Gasteiger partial charge in [0.2, 0.25) is 5.91 Å². The van der Waals surface area contributed by atoms with Crippen molar-refractivity contribution in [3.05, 3.63) is 35.8 Å². The third kappa shape index (κ3) is 5.44. The number of carbonyl (C=O) groups excluding carboxylic acids is 1. The molecule has 1 amide bonds. The van der Waals surface area contributed by atoms with Crippen molar-refractivity contribution >= 4 is 17.4 Å². The number of benzene rings is 1. The van der Waals surface area contributed by atoms with Crippen molar-refractivity contribution in [1.82, 2.24) is 14.9 Å². The number of piperazine rings is 1. The summed E-state index contributed by atoms with van der Waals surface area (Å²) in [6, 6.07) is 7.56. The average Bonchev–Trinajstić information content (AvgIpc) is 2.77. The van der Waals surface area contributed by atoms with Gasteiger partial charge < -0.3 is 19.7 Å². The van der Waals surface area contributed by atoms with Crippen molar-refractivity contribution in [2.24, 2.45) is 0 Å². The van der Waals surface area contributed by atoms with Crippen LogP contribution in [0.2, 0.25) is 0 Å². The Bertz CT molecular complexity index is 925. The van der Waals surface area contributed by atoms with Crippen molar-refractivity contribution < 1.29 is 14.3 Å². The minimum atomic E-state index is 0.00658. The number of rotatable bonds is 6. The van der Waals surface area contributed by atoms with Gasteiger partial charge in [0.25, 0.3) is 0 Å². The first kappa shape index (κ1) is 21.4. The monoisotopic (exact) mass is 425 g/mol. The average molecular weight is 426 g/mol. The lowest BCUT2D eigenvalue weighted by Crippen LogP contribution is -2.47. The van der Waals surface area contributed by atoms with Crippen LogP contribution in [-0.4, -0.2) is 66.7 Å². The van der Waals surface area contributed by atoms with Crippen LogP contribution in [0, 0.1) is 6.92 Å². The van der Waals surface area contributed by atoms with Crippen LogP contribution in [0.15, 0.2) is 24.3 Å². The summed E-state index contributed by atoms with van der Waals surface area (Å²) in [6.45, 7) is 11.7. The summed E-state index contributed by atoms with van der Waals surface area (Å²) in [7, 11) is 0. The number of fused-ring (bicyclic) bond motifs is 1. The lowest BCUT2D eigenvalue weighted by Gasteiger charge is -2.35. The van der Waals surface area contributed by atoms with Crippen LogP contribution in [0.1, 0.15) is 37.7 Å². The van der Waals surface area contributed by atoms with Gasteiger partial charge in [0.05, 0.1) is 0 Å². The summed E-state index contributed by atoms with van der Waals surface area (Å²) in [4.78, 5) is 26.3. The molecule has 4 rings (SSSR count). The number of hydrogen-bond acceptors (Lipinski definition) is 7. The molecule has 8 nitrogen and oxygen atoms in total. The summed E-state index contributed by atoms with van der Waals surface area (Å²) in [5, 5.41) is 2.96. The van der Waals surface area contributed by atoms with E-state index in [9.17, 15) is 4.79 Å². The van der Waals surface area contributed by atoms with Gasteiger partial charge in [-0.2, -0.15) is 0 Å². The van der Waals surface area contributed by atoms with E-state index in [2.05, 4.69) is 40.0 Å². The van der Waals surface area contributed by atoms with Gasteiger partial charge >= 0.3 is 0 Å². The number of aromatic nitrogens is 2. The Morgan fingerprint density at radius 2 is 1.81 bits per heavy atom. The van der Waals surface area contributed by atoms with Gasteiger partial charge in [-0.1, -0.05) is 13.8 Å². The van der Waals surface area contributed by atoms with Gasteiger partial charge in [-0.25, -0.2) is 9.97 Å². The molecular weight excluding hydrogens is 394 g/mol. The lowest BCUT2D eigenvalue weighted by atomic mass is 10.2. The highest BCUT2D eigenvalue weighted by Gasteiger charge is 2.20. The van der Waals surface area contributed by atoms with Crippen LogP contribution >= 0.6 is 0 Å². The number of amides is 1. The zero-order valence-corrected chi connectivity index (χ0v) is 18.6. The Hall–Kier alpha value is -2.87. The highest BCUT2D eigenvalue weighted by molar-refractivity contribution is 5.91. The molecule has 1 N–H and O–H groups in total. The van der Waals surface area contributed by atoms with Gasteiger partial charge in [-0.05, 0) is 19.1 Å². The number of nitrogens with zero attached hydrogens (tertiary/aromatic N) is 4. The van der Waals surface area contributed by atoms with Gasteiger partial charge in [0.1, 0.15) is 24.9 Å². The molecule has 1 aromatic heterocycles. The molecule has 3 heterocycles. The summed E-state index contributed by atoms with van der Waals surface area (Å²) < 4.78 is 11.1. The minimum absolute atomic E-state index is 0.00658. The Kier molecular flexibility index (Phi) is 6.56. The molecule has 1 aromatic carbocycles. The number of aryl methyl sites for hydroxylation is 1. The predicted molar refractivity (Wildman–Crippen MR) is 120 cm³/mol. The third-order valence-electron chi connectivity index (χ3n) is 5.55. The van der Waals surface area contributed by atoms with Crippen molar-refractivity contribution in [3.8, 4) is 11.5 Å². The van der Waals surface area contributed by atoms with E-state index in [1.807, 2.05) is 25.1 Å². The van der Waals surface area contributed by atoms with Crippen LogP contribution in [-0.2, 0) is 4.79 Å². The zero-order chi connectivity index (χ0) is 21.8. The summed E-state index contributed by atoms with van der Waals surface area (Å²) >= 11 is 0. The fourth-order valence-electron chi connectivity index (χ4n) is 3.80. The first-order chi connectivity index (χ1) is 15.0. The minimum Gasteiger partial charge on any atom is -0.486 e. The van der Waals surface area contributed by atoms with Crippen LogP contribution < -0.4 is 19.7 Å². The molecule has 1 fully saturated rings. The molecule has 0 bridgehead atoms. The molecule has 166 valence electrons. The first-order valence-electron chi connectivity index (χ1n) is 11.0. The Labute approximate surface area is 183 Å². The highest BCUT2D eigenvalue weighted by atomic mass is 16.6. The molecule has 2 aliphatic rings. The molecule has 0 saturated carbocycles. The summed E-state index contributed by atoms with van der Waals surface area (Å²) in [5.74, 6) is 3.63. The lowest BCUT2D eigenvalue weighted by molar-refractivity contribution is -0.116. The largest absolute Gasteiger partial charge is 0.486 e. The van der Waals surface area contributed by atoms with Gasteiger partial charge in [0.15, 0.2) is 11.5 Å². The molecule has 2 aromatic rings. The van der Waals surface area contributed by atoms with Crippen molar-refractivity contribution in [3.63, 3.8) is 0 Å². The van der Waals surface area contributed by atoms with Crippen molar-refractivity contribution in [2.75, 3.05) is 56.2 Å². The number of ether oxygens (including phenoxy) is 2. The fourth-order valence-corrected chi connectivity index (χ4v) is 3.80. The predicted octanol–water partition coefficient (Wildman–Crippen LogP) is 2.83. The van der Waals surface area contributed by atoms with E-state index in [4.69, 9.17) is 14.5 Å². The van der Waals surface area contributed by atoms with E-state index in [1.54, 1.807) is 0 Å². The Morgan fingerprint density at radius 1 is 1.06 bits per heavy atom. The topological polar surface area (TPSA) is 79.8 Å². The molecule has 31 heavy (non-hydrogen) atoms. The maximum Gasteiger partial charge on any atom is 0.225 e. The number of anilines is 2. The van der Waals surface area contributed by atoms with Crippen molar-refractivity contribution in [2.45, 2.75) is 33.1 Å². The van der Waals surface area contributed by atoms with E-state index in [0.29, 0.717) is 31.3 Å². The molecule has 0 aliphatic carbocycles. The van der Waals surface area contributed by atoms with E-state index in [1.165, 1.54) is 0 Å². The number of hydrogen-bond donors (Lipinski definition) is 1. The molecular formula is C23H31N5O3. The molecule has 0 atom stereocenters. The molecule has 1 saturated heterocycles. The quantitative estimate of drug-likeness (QED) is 0.762. The third-order valence-corrected chi connectivity index (χ3v) is 5.55. The second-order valence-corrected chi connectivity index (χ2v) is 8.37. The van der Waals surface area contributed by atoms with E-state index in [-0.39, 0.29) is 5.91 Å². The standard InChI is InChI=1S/C23H31N5O3/c1-16(2)23-24-17(3)14-21(26-23)28-10-8-27(9-11-28)7-6-22(29)25-18-4-5-19-20(15-18)31-13-12-30-19/h4-5,14-16H,6-13H2,1-3H3,(H,25,29). The fraction of sp³-hybridized carbons (Fsp3) is 0.522. The zero-order valence-electron chi connectivity index (χ0n) is 18.6. The number of nitrogens with one attached hydrogen (secondary N) is 1. The molecule has 0 radical (unpaired) electrons. The Morgan fingerprint density at radius 3 is 2.55 bits per heavy atom. The SMILES string of the molecule is Cc1cc(N2CCN(CCC(=O)Nc3ccc4c(c3)OCCO4)CC2)nc(C(C)C)n1. The Balaban J connectivity index is 1.24. The van der Waals surface area contributed by atoms with Gasteiger partial charge in [-0.3, -0.25) is 9.69 Å². The van der Waals surface area contributed by atoms with Crippen LogP contribution in [0.3, 0.4) is 0 Å². The van der Waals surface area contributed by atoms with E-state index < -0.39 is 0 Å². The van der Waals surface area contributed by atoms with E-state index in [0.717, 1.165) is 61.5 Å². The second-order valence-electron chi connectivity index (χ2n) is 8.37. The van der Waals surface area contributed by atoms with Crippen LogP contribution in [0.4, 0.5) is 11.5 Å². The molecule has 0 spiro atoms.